The summed E-state index contributed by atoms with van der Waals surface area (Å²) >= 11 is 0. The van der Waals surface area contributed by atoms with Crippen LogP contribution in [-0.4, -0.2) is 10.5 Å². The van der Waals surface area contributed by atoms with Gasteiger partial charge in [-0.05, 0) is 55.2 Å². The first-order valence-corrected chi connectivity index (χ1v) is 9.41. The van der Waals surface area contributed by atoms with Crippen LogP contribution in [0.2, 0.25) is 0 Å². The number of nitrogens with one attached hydrogen (secondary N) is 1. The molecule has 3 nitrogen and oxygen atoms in total. The zero-order valence-corrected chi connectivity index (χ0v) is 15.7. The summed E-state index contributed by atoms with van der Waals surface area (Å²) in [6, 6.07) is 10.3. The van der Waals surface area contributed by atoms with Gasteiger partial charge in [-0.25, -0.2) is 8.78 Å². The lowest BCUT2D eigenvalue weighted by atomic mass is 10.1. The molecule has 1 amide bonds. The van der Waals surface area contributed by atoms with Gasteiger partial charge in [0, 0.05) is 17.9 Å². The first-order valence-electron chi connectivity index (χ1n) is 9.41. The van der Waals surface area contributed by atoms with Crippen molar-refractivity contribution in [3.63, 3.8) is 0 Å². The van der Waals surface area contributed by atoms with Gasteiger partial charge in [0.25, 0.3) is 5.91 Å². The van der Waals surface area contributed by atoms with E-state index in [1.165, 1.54) is 36.4 Å². The highest BCUT2D eigenvalue weighted by atomic mass is 19.4. The van der Waals surface area contributed by atoms with Crippen molar-refractivity contribution in [1.29, 1.82) is 0 Å². The lowest BCUT2D eigenvalue weighted by Crippen LogP contribution is -2.14. The molecule has 0 fully saturated rings. The Hall–Kier alpha value is -3.16. The Morgan fingerprint density at radius 2 is 1.73 bits per heavy atom. The third-order valence-electron chi connectivity index (χ3n) is 5.17. The van der Waals surface area contributed by atoms with Gasteiger partial charge in [-0.2, -0.15) is 13.2 Å². The van der Waals surface area contributed by atoms with Crippen molar-refractivity contribution in [2.24, 2.45) is 0 Å². The van der Waals surface area contributed by atoms with E-state index in [4.69, 9.17) is 0 Å². The van der Waals surface area contributed by atoms with Crippen LogP contribution in [0.25, 0.3) is 11.3 Å². The summed E-state index contributed by atoms with van der Waals surface area (Å²) in [5, 5.41) is 2.43. The van der Waals surface area contributed by atoms with Crippen LogP contribution in [0.4, 0.5) is 27.6 Å². The first-order chi connectivity index (χ1) is 14.3. The molecule has 1 aliphatic rings. The van der Waals surface area contributed by atoms with Crippen LogP contribution in [0.5, 0.6) is 0 Å². The SMILES string of the molecule is O=C(Nc1ccc(-c2c(C(F)(F)F)cc3n2CCCC3)cc1)c1cccc(F)c1F. The Bertz CT molecular complexity index is 1100. The Kier molecular flexibility index (Phi) is 5.09. The molecule has 0 saturated heterocycles. The predicted octanol–water partition coefficient (Wildman–Crippen LogP) is 6.04. The molecule has 0 bridgehead atoms. The minimum atomic E-state index is -4.48. The second kappa shape index (κ2) is 7.59. The van der Waals surface area contributed by atoms with Gasteiger partial charge in [-0.1, -0.05) is 18.2 Å². The molecule has 0 spiro atoms. The smallest absolute Gasteiger partial charge is 0.344 e. The van der Waals surface area contributed by atoms with Gasteiger partial charge in [0.15, 0.2) is 11.6 Å². The highest BCUT2D eigenvalue weighted by Crippen LogP contribution is 2.41. The van der Waals surface area contributed by atoms with Crippen molar-refractivity contribution in [3.8, 4) is 11.3 Å². The van der Waals surface area contributed by atoms with Gasteiger partial charge >= 0.3 is 6.18 Å². The fourth-order valence-corrected chi connectivity index (χ4v) is 3.76. The van der Waals surface area contributed by atoms with Crippen molar-refractivity contribution in [1.82, 2.24) is 4.57 Å². The lowest BCUT2D eigenvalue weighted by molar-refractivity contribution is -0.137. The van der Waals surface area contributed by atoms with Crippen molar-refractivity contribution < 1.29 is 26.7 Å². The number of amides is 1. The number of hydrogen-bond donors (Lipinski definition) is 1. The molecule has 8 heteroatoms. The number of benzene rings is 2. The van der Waals surface area contributed by atoms with Crippen LogP contribution in [0.15, 0.2) is 48.5 Å². The van der Waals surface area contributed by atoms with Crippen LogP contribution in [-0.2, 0) is 19.1 Å². The van der Waals surface area contributed by atoms with E-state index in [2.05, 4.69) is 5.32 Å². The highest BCUT2D eigenvalue weighted by molar-refractivity contribution is 6.04. The van der Waals surface area contributed by atoms with E-state index in [0.29, 0.717) is 24.2 Å². The van der Waals surface area contributed by atoms with Gasteiger partial charge in [-0.15, -0.1) is 0 Å². The van der Waals surface area contributed by atoms with Crippen molar-refractivity contribution >= 4 is 11.6 Å². The Balaban J connectivity index is 1.64. The fraction of sp³-hybridized carbons (Fsp3) is 0.227. The number of anilines is 1. The second-order valence-electron chi connectivity index (χ2n) is 7.14. The molecular formula is C22H17F5N2O. The third kappa shape index (κ3) is 3.69. The summed E-state index contributed by atoms with van der Waals surface area (Å²) in [5.41, 5.74) is 0.239. The zero-order valence-electron chi connectivity index (χ0n) is 15.7. The molecule has 2 aromatic carbocycles. The number of rotatable bonds is 3. The number of nitrogens with zero attached hydrogens (tertiary/aromatic N) is 1. The number of carbonyl (C=O) groups is 1. The Morgan fingerprint density at radius 1 is 1.00 bits per heavy atom. The monoisotopic (exact) mass is 420 g/mol. The molecule has 0 radical (unpaired) electrons. The van der Waals surface area contributed by atoms with Gasteiger partial charge in [-0.3, -0.25) is 4.79 Å². The van der Waals surface area contributed by atoms with E-state index in [9.17, 15) is 26.7 Å². The van der Waals surface area contributed by atoms with E-state index < -0.39 is 34.8 Å². The van der Waals surface area contributed by atoms with Gasteiger partial charge in [0.1, 0.15) is 0 Å². The maximum absolute atomic E-state index is 13.8. The largest absolute Gasteiger partial charge is 0.418 e. The van der Waals surface area contributed by atoms with Crippen molar-refractivity contribution in [2.45, 2.75) is 32.0 Å². The van der Waals surface area contributed by atoms with Gasteiger partial charge in [0.05, 0.1) is 16.8 Å². The lowest BCUT2D eigenvalue weighted by Gasteiger charge is -2.19. The molecule has 4 rings (SSSR count). The molecule has 1 N–H and O–H groups in total. The average Bonchev–Trinajstić information content (AvgIpc) is 3.11. The normalized spacial score (nSPS) is 13.8. The molecule has 0 saturated carbocycles. The van der Waals surface area contributed by atoms with Crippen LogP contribution in [0, 0.1) is 11.6 Å². The van der Waals surface area contributed by atoms with Crippen molar-refractivity contribution in [2.75, 3.05) is 5.32 Å². The molecular weight excluding hydrogens is 403 g/mol. The fourth-order valence-electron chi connectivity index (χ4n) is 3.76. The van der Waals surface area contributed by atoms with Crippen LogP contribution < -0.4 is 5.32 Å². The summed E-state index contributed by atoms with van der Waals surface area (Å²) in [6.45, 7) is 0.512. The predicted molar refractivity (Wildman–Crippen MR) is 102 cm³/mol. The number of aromatic nitrogens is 1. The summed E-state index contributed by atoms with van der Waals surface area (Å²) < 4.78 is 69.6. The maximum atomic E-state index is 13.8. The van der Waals surface area contributed by atoms with Crippen LogP contribution >= 0.6 is 0 Å². The van der Waals surface area contributed by atoms with E-state index in [-0.39, 0.29) is 11.4 Å². The van der Waals surface area contributed by atoms with Crippen LogP contribution in [0.3, 0.4) is 0 Å². The number of alkyl halides is 3. The number of aryl methyl sites for hydroxylation is 1. The summed E-state index contributed by atoms with van der Waals surface area (Å²) in [6.07, 6.45) is -2.24. The summed E-state index contributed by atoms with van der Waals surface area (Å²) in [5.74, 6) is -3.26. The molecule has 0 atom stereocenters. The molecule has 0 aliphatic carbocycles. The maximum Gasteiger partial charge on any atom is 0.418 e. The van der Waals surface area contributed by atoms with Gasteiger partial charge in [0.2, 0.25) is 0 Å². The second-order valence-corrected chi connectivity index (χ2v) is 7.14. The summed E-state index contributed by atoms with van der Waals surface area (Å²) in [4.78, 5) is 12.2. The third-order valence-corrected chi connectivity index (χ3v) is 5.17. The minimum Gasteiger partial charge on any atom is -0.344 e. The molecule has 2 heterocycles. The average molecular weight is 420 g/mol. The van der Waals surface area contributed by atoms with E-state index >= 15 is 0 Å². The summed E-state index contributed by atoms with van der Waals surface area (Å²) in [7, 11) is 0. The van der Waals surface area contributed by atoms with Crippen LogP contribution in [0.1, 0.15) is 34.5 Å². The number of fused-ring (bicyclic) bond motifs is 1. The quantitative estimate of drug-likeness (QED) is 0.515. The standard InChI is InChI=1S/C22H17F5N2O/c23-18-6-3-5-16(19(18)24)21(30)28-14-9-7-13(8-10-14)20-17(22(25,26)27)12-15-4-1-2-11-29(15)20/h3,5-10,12H,1-2,4,11H2,(H,28,30). The first kappa shape index (κ1) is 20.1. The topological polar surface area (TPSA) is 34.0 Å². The van der Waals surface area contributed by atoms with Gasteiger partial charge < -0.3 is 9.88 Å². The Morgan fingerprint density at radius 3 is 2.43 bits per heavy atom. The number of carbonyl (C=O) groups excluding carboxylic acids is 1. The highest BCUT2D eigenvalue weighted by Gasteiger charge is 2.37. The van der Waals surface area contributed by atoms with E-state index in [0.717, 1.165) is 25.0 Å². The molecule has 0 unspecified atom stereocenters. The van der Waals surface area contributed by atoms with Crippen molar-refractivity contribution in [3.05, 3.63) is 77.0 Å². The number of hydrogen-bond acceptors (Lipinski definition) is 1. The van der Waals surface area contributed by atoms with E-state index in [1.807, 2.05) is 0 Å². The Labute approximate surface area is 169 Å². The number of halogens is 5. The molecule has 1 aromatic heterocycles. The molecule has 30 heavy (non-hydrogen) atoms. The zero-order chi connectivity index (χ0) is 21.5. The molecule has 3 aromatic rings. The van der Waals surface area contributed by atoms with E-state index in [1.54, 1.807) is 4.57 Å². The minimum absolute atomic E-state index is 0.103. The molecule has 156 valence electrons. The molecule has 1 aliphatic heterocycles.